The van der Waals surface area contributed by atoms with Crippen molar-refractivity contribution in [3.05, 3.63) is 62.8 Å². The lowest BCUT2D eigenvalue weighted by Gasteiger charge is -2.28. The number of carbonyl (C=O) groups excluding carboxylic acids is 1. The minimum atomic E-state index is -0.0118. The van der Waals surface area contributed by atoms with Crippen molar-refractivity contribution in [1.82, 2.24) is 14.5 Å². The molecule has 1 aliphatic heterocycles. The van der Waals surface area contributed by atoms with Crippen LogP contribution in [0.4, 0.5) is 0 Å². The molecule has 0 bridgehead atoms. The van der Waals surface area contributed by atoms with Crippen LogP contribution in [0.1, 0.15) is 16.2 Å². The van der Waals surface area contributed by atoms with E-state index in [9.17, 15) is 4.79 Å². The summed E-state index contributed by atoms with van der Waals surface area (Å²) in [7, 11) is 0. The number of amides is 1. The number of para-hydroxylation sites is 1. The Labute approximate surface area is 150 Å². The lowest BCUT2D eigenvalue weighted by molar-refractivity contribution is 0.0685. The zero-order valence-corrected chi connectivity index (χ0v) is 15.3. The van der Waals surface area contributed by atoms with Crippen molar-refractivity contribution >= 4 is 48.8 Å². The molecule has 0 N–H and O–H groups in total. The van der Waals surface area contributed by atoms with Crippen LogP contribution in [0, 0.1) is 0 Å². The van der Waals surface area contributed by atoms with E-state index in [2.05, 4.69) is 36.8 Å². The Morgan fingerprint density at radius 1 is 1.04 bits per heavy atom. The van der Waals surface area contributed by atoms with E-state index in [0.717, 1.165) is 32.1 Å². The highest BCUT2D eigenvalue weighted by Crippen LogP contribution is 2.28. The molecule has 3 aromatic rings. The second-order valence-corrected chi connectivity index (χ2v) is 7.32. The molecule has 0 aliphatic carbocycles. The first-order valence-corrected chi connectivity index (χ1v) is 8.90. The zero-order valence-electron chi connectivity index (χ0n) is 12.2. The van der Waals surface area contributed by atoms with Crippen molar-refractivity contribution in [3.63, 3.8) is 0 Å². The molecule has 0 radical (unpaired) electrons. The number of nitrogens with zero attached hydrogens (tertiary/aromatic N) is 3. The molecular weight excluding hydrogens is 422 g/mol. The molecule has 4 rings (SSSR count). The van der Waals surface area contributed by atoms with Crippen molar-refractivity contribution < 1.29 is 4.79 Å². The molecule has 6 heteroatoms. The summed E-state index contributed by atoms with van der Waals surface area (Å²) in [6.07, 6.45) is 0. The minimum Gasteiger partial charge on any atom is -0.330 e. The number of fused-ring (bicyclic) bond motifs is 3. The van der Waals surface area contributed by atoms with Gasteiger partial charge in [-0.2, -0.15) is 0 Å². The number of benzene rings is 2. The van der Waals surface area contributed by atoms with Gasteiger partial charge in [0.15, 0.2) is 5.82 Å². The van der Waals surface area contributed by atoms with Crippen LogP contribution < -0.4 is 0 Å². The van der Waals surface area contributed by atoms with Crippen molar-refractivity contribution in [2.24, 2.45) is 0 Å². The maximum atomic E-state index is 12.8. The molecule has 4 nitrogen and oxygen atoms in total. The summed E-state index contributed by atoms with van der Waals surface area (Å²) in [5.74, 6) is 0.512. The van der Waals surface area contributed by atoms with Gasteiger partial charge in [0.25, 0.3) is 5.91 Å². The summed E-state index contributed by atoms with van der Waals surface area (Å²) in [4.78, 5) is 19.2. The SMILES string of the molecule is O=C1c2nc3cccc(Br)c3n2CCN1Cc1ccc(Br)cc1. The fraction of sp³-hybridized carbons (Fsp3) is 0.176. The van der Waals surface area contributed by atoms with Gasteiger partial charge in [-0.15, -0.1) is 0 Å². The highest BCUT2D eigenvalue weighted by Gasteiger charge is 2.28. The Morgan fingerprint density at radius 3 is 2.61 bits per heavy atom. The number of halogens is 2. The molecule has 0 saturated heterocycles. The third-order valence-electron chi connectivity index (χ3n) is 4.08. The van der Waals surface area contributed by atoms with E-state index in [1.54, 1.807) is 0 Å². The van der Waals surface area contributed by atoms with Gasteiger partial charge in [0.05, 0.1) is 11.0 Å². The number of aromatic nitrogens is 2. The first kappa shape index (κ1) is 14.9. The number of hydrogen-bond donors (Lipinski definition) is 0. The van der Waals surface area contributed by atoms with Gasteiger partial charge < -0.3 is 9.47 Å². The fourth-order valence-electron chi connectivity index (χ4n) is 2.95. The highest BCUT2D eigenvalue weighted by molar-refractivity contribution is 9.11. The second kappa shape index (κ2) is 5.76. The van der Waals surface area contributed by atoms with Gasteiger partial charge >= 0.3 is 0 Å². The van der Waals surface area contributed by atoms with Crippen LogP contribution in [0.5, 0.6) is 0 Å². The quantitative estimate of drug-likeness (QED) is 0.605. The van der Waals surface area contributed by atoms with Crippen molar-refractivity contribution in [2.45, 2.75) is 13.1 Å². The summed E-state index contributed by atoms with van der Waals surface area (Å²) in [5.41, 5.74) is 2.97. The molecule has 2 aromatic carbocycles. The van der Waals surface area contributed by atoms with E-state index in [4.69, 9.17) is 0 Å². The van der Waals surface area contributed by atoms with Crippen LogP contribution in [0.3, 0.4) is 0 Å². The zero-order chi connectivity index (χ0) is 16.0. The number of rotatable bonds is 2. The largest absolute Gasteiger partial charge is 0.330 e. The number of imidazole rings is 1. The third-order valence-corrected chi connectivity index (χ3v) is 5.24. The van der Waals surface area contributed by atoms with E-state index in [1.165, 1.54) is 0 Å². The maximum Gasteiger partial charge on any atom is 0.290 e. The number of hydrogen-bond acceptors (Lipinski definition) is 2. The molecular formula is C17H13Br2N3O. The normalized spacial score (nSPS) is 14.3. The van der Waals surface area contributed by atoms with Crippen LogP contribution in [0.2, 0.25) is 0 Å². The Balaban J connectivity index is 1.68. The van der Waals surface area contributed by atoms with E-state index >= 15 is 0 Å². The van der Waals surface area contributed by atoms with E-state index < -0.39 is 0 Å². The summed E-state index contributed by atoms with van der Waals surface area (Å²) in [6.45, 7) is 2.06. The highest BCUT2D eigenvalue weighted by atomic mass is 79.9. The topological polar surface area (TPSA) is 38.1 Å². The van der Waals surface area contributed by atoms with Crippen LogP contribution in [-0.4, -0.2) is 26.9 Å². The molecule has 0 spiro atoms. The van der Waals surface area contributed by atoms with Gasteiger partial charge in [-0.1, -0.05) is 34.1 Å². The van der Waals surface area contributed by atoms with Crippen LogP contribution in [0.25, 0.3) is 11.0 Å². The third kappa shape index (κ3) is 2.60. The van der Waals surface area contributed by atoms with E-state index in [1.807, 2.05) is 51.9 Å². The lowest BCUT2D eigenvalue weighted by Crippen LogP contribution is -2.39. The molecule has 1 amide bonds. The molecule has 1 aliphatic rings. The predicted molar refractivity (Wildman–Crippen MR) is 96.3 cm³/mol. The molecule has 0 saturated carbocycles. The van der Waals surface area contributed by atoms with E-state index in [-0.39, 0.29) is 5.91 Å². The second-order valence-electron chi connectivity index (χ2n) is 5.55. The first-order valence-electron chi connectivity index (χ1n) is 7.32. The Kier molecular flexibility index (Phi) is 3.73. The summed E-state index contributed by atoms with van der Waals surface area (Å²) in [5, 5.41) is 0. The maximum absolute atomic E-state index is 12.8. The minimum absolute atomic E-state index is 0.0118. The van der Waals surface area contributed by atoms with Gasteiger partial charge in [0.1, 0.15) is 0 Å². The van der Waals surface area contributed by atoms with Crippen molar-refractivity contribution in [3.8, 4) is 0 Å². The van der Waals surface area contributed by atoms with Gasteiger partial charge in [0.2, 0.25) is 0 Å². The summed E-state index contributed by atoms with van der Waals surface area (Å²) in [6, 6.07) is 13.9. The number of carbonyl (C=O) groups is 1. The van der Waals surface area contributed by atoms with E-state index in [0.29, 0.717) is 18.9 Å². The fourth-order valence-corrected chi connectivity index (χ4v) is 3.78. The molecule has 116 valence electrons. The molecule has 0 fully saturated rings. The van der Waals surface area contributed by atoms with Crippen LogP contribution in [0.15, 0.2) is 51.4 Å². The van der Waals surface area contributed by atoms with Gasteiger partial charge in [-0.3, -0.25) is 4.79 Å². The molecule has 23 heavy (non-hydrogen) atoms. The van der Waals surface area contributed by atoms with Gasteiger partial charge in [-0.05, 0) is 45.8 Å². The monoisotopic (exact) mass is 433 g/mol. The average Bonchev–Trinajstić information content (AvgIpc) is 2.93. The van der Waals surface area contributed by atoms with Crippen LogP contribution >= 0.6 is 31.9 Å². The Morgan fingerprint density at radius 2 is 1.83 bits per heavy atom. The average molecular weight is 435 g/mol. The summed E-state index contributed by atoms with van der Waals surface area (Å²) >= 11 is 6.99. The molecule has 0 unspecified atom stereocenters. The molecule has 0 atom stereocenters. The molecule has 2 heterocycles. The predicted octanol–water partition coefficient (Wildman–Crippen LogP) is 4.22. The standard InChI is InChI=1S/C17H13Br2N3O/c18-12-6-4-11(5-7-12)10-21-8-9-22-15-13(19)2-1-3-14(15)20-16(22)17(21)23/h1-7H,8-10H2. The Hall–Kier alpha value is -1.66. The van der Waals surface area contributed by atoms with Crippen LogP contribution in [-0.2, 0) is 13.1 Å². The van der Waals surface area contributed by atoms with Crippen molar-refractivity contribution in [2.75, 3.05) is 6.54 Å². The van der Waals surface area contributed by atoms with Gasteiger partial charge in [0, 0.05) is 28.6 Å². The van der Waals surface area contributed by atoms with Crippen molar-refractivity contribution in [1.29, 1.82) is 0 Å². The Bertz CT molecular complexity index is 902. The first-order chi connectivity index (χ1) is 11.1. The smallest absolute Gasteiger partial charge is 0.290 e. The van der Waals surface area contributed by atoms with Gasteiger partial charge in [-0.25, -0.2) is 4.98 Å². The summed E-state index contributed by atoms with van der Waals surface area (Å²) < 4.78 is 4.03. The lowest BCUT2D eigenvalue weighted by atomic mass is 10.2. The molecule has 1 aromatic heterocycles.